The number of nitro groups is 1. The summed E-state index contributed by atoms with van der Waals surface area (Å²) in [4.78, 5) is 21.8. The third kappa shape index (κ3) is 5.70. The maximum absolute atomic E-state index is 11.7. The van der Waals surface area contributed by atoms with Crippen molar-refractivity contribution in [3.05, 3.63) is 75.8 Å². The molecule has 2 aromatic carbocycles. The fourth-order valence-corrected chi connectivity index (χ4v) is 2.02. The Kier molecular flexibility index (Phi) is 5.99. The van der Waals surface area contributed by atoms with E-state index in [-0.39, 0.29) is 18.0 Å². The normalized spacial score (nSPS) is 10.6. The van der Waals surface area contributed by atoms with Crippen LogP contribution in [0.5, 0.6) is 0 Å². The van der Waals surface area contributed by atoms with Crippen molar-refractivity contribution < 1.29 is 9.72 Å². The average molecular weight is 311 g/mol. The number of hydrogen-bond acceptors (Lipinski definition) is 4. The highest BCUT2D eigenvalue weighted by Gasteiger charge is 2.06. The lowest BCUT2D eigenvalue weighted by Gasteiger charge is -2.00. The number of amides is 1. The number of aryl methyl sites for hydroxylation is 1. The number of nitrogens with one attached hydrogen (secondary N) is 1. The van der Waals surface area contributed by atoms with Crippen LogP contribution in [0.2, 0.25) is 0 Å². The van der Waals surface area contributed by atoms with Crippen LogP contribution >= 0.6 is 0 Å². The van der Waals surface area contributed by atoms with Crippen molar-refractivity contribution in [2.45, 2.75) is 19.3 Å². The number of nitro benzene ring substituents is 1. The Morgan fingerprint density at radius 3 is 2.43 bits per heavy atom. The first-order chi connectivity index (χ1) is 11.1. The Morgan fingerprint density at radius 1 is 1.09 bits per heavy atom. The van der Waals surface area contributed by atoms with Gasteiger partial charge < -0.3 is 0 Å². The number of rotatable bonds is 7. The van der Waals surface area contributed by atoms with Crippen LogP contribution in [0.1, 0.15) is 17.5 Å². The topological polar surface area (TPSA) is 84.6 Å². The highest BCUT2D eigenvalue weighted by atomic mass is 16.6. The van der Waals surface area contributed by atoms with Gasteiger partial charge in [0.15, 0.2) is 0 Å². The molecule has 0 radical (unpaired) electrons. The second kappa shape index (κ2) is 8.43. The summed E-state index contributed by atoms with van der Waals surface area (Å²) >= 11 is 0. The first kappa shape index (κ1) is 16.4. The van der Waals surface area contributed by atoms with Gasteiger partial charge in [0.05, 0.1) is 11.3 Å². The van der Waals surface area contributed by atoms with Gasteiger partial charge in [0.25, 0.3) is 5.69 Å². The van der Waals surface area contributed by atoms with Crippen molar-refractivity contribution >= 4 is 17.8 Å². The molecule has 0 atom stereocenters. The first-order valence-corrected chi connectivity index (χ1v) is 7.23. The first-order valence-electron chi connectivity index (χ1n) is 7.23. The van der Waals surface area contributed by atoms with Crippen LogP contribution in [0, 0.1) is 10.1 Å². The number of non-ortho nitro benzene ring substituents is 1. The Hall–Kier alpha value is -3.02. The van der Waals surface area contributed by atoms with Gasteiger partial charge in [0, 0.05) is 18.3 Å². The SMILES string of the molecule is O=C(Cc1ccc([N+](=O)[O-])cc1)NN=CCCc1ccccc1. The van der Waals surface area contributed by atoms with Gasteiger partial charge in [-0.25, -0.2) is 5.43 Å². The molecule has 2 rings (SSSR count). The summed E-state index contributed by atoms with van der Waals surface area (Å²) in [5, 5.41) is 14.4. The van der Waals surface area contributed by atoms with E-state index in [1.807, 2.05) is 30.3 Å². The molecule has 6 heteroatoms. The fraction of sp³-hybridized carbons (Fsp3) is 0.176. The van der Waals surface area contributed by atoms with Crippen LogP contribution < -0.4 is 5.43 Å². The zero-order valence-corrected chi connectivity index (χ0v) is 12.5. The molecule has 0 fully saturated rings. The van der Waals surface area contributed by atoms with Crippen molar-refractivity contribution in [1.82, 2.24) is 5.43 Å². The molecule has 0 spiro atoms. The number of nitrogens with zero attached hydrogens (tertiary/aromatic N) is 2. The molecule has 0 unspecified atom stereocenters. The maximum Gasteiger partial charge on any atom is 0.269 e. The minimum absolute atomic E-state index is 0.00749. The predicted octanol–water partition coefficient (Wildman–Crippen LogP) is 2.87. The van der Waals surface area contributed by atoms with Gasteiger partial charge in [-0.05, 0) is 24.0 Å². The second-order valence-electron chi connectivity index (χ2n) is 4.97. The van der Waals surface area contributed by atoms with E-state index in [4.69, 9.17) is 0 Å². The van der Waals surface area contributed by atoms with Gasteiger partial charge in [-0.15, -0.1) is 0 Å². The molecule has 0 bridgehead atoms. The van der Waals surface area contributed by atoms with Crippen LogP contribution in [0.25, 0.3) is 0 Å². The van der Waals surface area contributed by atoms with E-state index in [2.05, 4.69) is 10.5 Å². The second-order valence-corrected chi connectivity index (χ2v) is 4.97. The van der Waals surface area contributed by atoms with Crippen molar-refractivity contribution in [2.75, 3.05) is 0 Å². The van der Waals surface area contributed by atoms with Gasteiger partial charge in [-0.1, -0.05) is 42.5 Å². The molecular weight excluding hydrogens is 294 g/mol. The van der Waals surface area contributed by atoms with E-state index in [0.717, 1.165) is 12.8 Å². The molecule has 0 saturated carbocycles. The highest BCUT2D eigenvalue weighted by Crippen LogP contribution is 2.12. The summed E-state index contributed by atoms with van der Waals surface area (Å²) in [6, 6.07) is 15.9. The molecule has 0 saturated heterocycles. The largest absolute Gasteiger partial charge is 0.273 e. The Labute approximate surface area is 134 Å². The van der Waals surface area contributed by atoms with Crippen molar-refractivity contribution in [3.8, 4) is 0 Å². The monoisotopic (exact) mass is 311 g/mol. The van der Waals surface area contributed by atoms with Crippen LogP contribution in [0.3, 0.4) is 0 Å². The Balaban J connectivity index is 1.72. The Bertz CT molecular complexity index is 682. The smallest absolute Gasteiger partial charge is 0.269 e. The molecule has 0 aliphatic rings. The fourth-order valence-electron chi connectivity index (χ4n) is 2.02. The molecule has 2 aromatic rings. The molecule has 118 valence electrons. The van der Waals surface area contributed by atoms with Gasteiger partial charge in [0.1, 0.15) is 0 Å². The molecule has 0 heterocycles. The summed E-state index contributed by atoms with van der Waals surface area (Å²) in [6.07, 6.45) is 3.40. The van der Waals surface area contributed by atoms with Gasteiger partial charge in [-0.3, -0.25) is 14.9 Å². The molecule has 0 aliphatic carbocycles. The predicted molar refractivity (Wildman–Crippen MR) is 88.2 cm³/mol. The summed E-state index contributed by atoms with van der Waals surface area (Å²) in [7, 11) is 0. The van der Waals surface area contributed by atoms with E-state index in [1.54, 1.807) is 18.3 Å². The van der Waals surface area contributed by atoms with E-state index in [9.17, 15) is 14.9 Å². The number of hydrazone groups is 1. The van der Waals surface area contributed by atoms with Crippen LogP contribution in [-0.4, -0.2) is 17.0 Å². The quantitative estimate of drug-likeness (QED) is 0.485. The van der Waals surface area contributed by atoms with E-state index in [1.165, 1.54) is 17.7 Å². The van der Waals surface area contributed by atoms with Crippen molar-refractivity contribution in [1.29, 1.82) is 0 Å². The zero-order valence-electron chi connectivity index (χ0n) is 12.5. The van der Waals surface area contributed by atoms with Crippen LogP contribution in [0.4, 0.5) is 5.69 Å². The standard InChI is InChI=1S/C17H17N3O3/c21-17(13-15-8-10-16(11-9-15)20(22)23)19-18-12-4-7-14-5-2-1-3-6-14/h1-3,5-6,8-12H,4,7,13H2,(H,19,21). The molecule has 1 amide bonds. The zero-order chi connectivity index (χ0) is 16.5. The summed E-state index contributed by atoms with van der Waals surface area (Å²) in [6.45, 7) is 0. The maximum atomic E-state index is 11.7. The van der Waals surface area contributed by atoms with Crippen molar-refractivity contribution in [3.63, 3.8) is 0 Å². The molecule has 1 N–H and O–H groups in total. The van der Waals surface area contributed by atoms with Crippen molar-refractivity contribution in [2.24, 2.45) is 5.10 Å². The van der Waals surface area contributed by atoms with Gasteiger partial charge >= 0.3 is 0 Å². The number of benzene rings is 2. The van der Waals surface area contributed by atoms with Gasteiger partial charge in [0.2, 0.25) is 5.91 Å². The minimum atomic E-state index is -0.471. The Morgan fingerprint density at radius 2 is 1.78 bits per heavy atom. The number of carbonyl (C=O) groups is 1. The molecule has 23 heavy (non-hydrogen) atoms. The van der Waals surface area contributed by atoms with Crippen LogP contribution in [0.15, 0.2) is 59.7 Å². The lowest BCUT2D eigenvalue weighted by atomic mass is 10.1. The van der Waals surface area contributed by atoms with E-state index >= 15 is 0 Å². The van der Waals surface area contributed by atoms with Gasteiger partial charge in [-0.2, -0.15) is 5.10 Å². The molecule has 6 nitrogen and oxygen atoms in total. The lowest BCUT2D eigenvalue weighted by molar-refractivity contribution is -0.384. The van der Waals surface area contributed by atoms with Crippen LogP contribution in [-0.2, 0) is 17.6 Å². The molecule has 0 aliphatic heterocycles. The number of carbonyl (C=O) groups excluding carboxylic acids is 1. The molecular formula is C17H17N3O3. The van der Waals surface area contributed by atoms with E-state index in [0.29, 0.717) is 5.56 Å². The molecule has 0 aromatic heterocycles. The highest BCUT2D eigenvalue weighted by molar-refractivity contribution is 5.79. The van der Waals surface area contributed by atoms with E-state index < -0.39 is 4.92 Å². The summed E-state index contributed by atoms with van der Waals surface area (Å²) in [5.74, 6) is -0.255. The summed E-state index contributed by atoms with van der Waals surface area (Å²) < 4.78 is 0. The number of hydrogen-bond donors (Lipinski definition) is 1. The lowest BCUT2D eigenvalue weighted by Crippen LogP contribution is -2.19. The third-order valence-corrected chi connectivity index (χ3v) is 3.20. The summed E-state index contributed by atoms with van der Waals surface area (Å²) in [5.41, 5.74) is 4.38. The minimum Gasteiger partial charge on any atom is -0.273 e. The average Bonchev–Trinajstić information content (AvgIpc) is 2.56. The third-order valence-electron chi connectivity index (χ3n) is 3.20.